The Balaban J connectivity index is 1.89. The number of amides is 2. The maximum atomic E-state index is 12.8. The predicted molar refractivity (Wildman–Crippen MR) is 107 cm³/mol. The second-order valence-electron chi connectivity index (χ2n) is 6.52. The first-order valence-electron chi connectivity index (χ1n) is 8.81. The Morgan fingerprint density at radius 3 is 2.73 bits per heavy atom. The van der Waals surface area contributed by atoms with Crippen molar-refractivity contribution >= 4 is 23.6 Å². The quantitative estimate of drug-likeness (QED) is 0.885. The second kappa shape index (κ2) is 8.03. The smallest absolute Gasteiger partial charge is 0.323 e. The standard InChI is InChI=1S/C19H26N4O2S/c1-13-17(15-7-5-6-8-16(15)25-4)18(23(3)21-13)20-19(24)22(2)14-9-11-26-12-10-14/h5-8,14H,9-12H2,1-4H3,(H,20,24). The molecule has 0 unspecified atom stereocenters. The minimum atomic E-state index is -0.0963. The summed E-state index contributed by atoms with van der Waals surface area (Å²) in [7, 11) is 5.37. The predicted octanol–water partition coefficient (Wildman–Crippen LogP) is 3.76. The molecule has 2 aromatic rings. The summed E-state index contributed by atoms with van der Waals surface area (Å²) in [6.45, 7) is 1.94. The zero-order chi connectivity index (χ0) is 18.7. The summed E-state index contributed by atoms with van der Waals surface area (Å²) in [4.78, 5) is 14.7. The van der Waals surface area contributed by atoms with Crippen LogP contribution in [0, 0.1) is 6.92 Å². The van der Waals surface area contributed by atoms with Gasteiger partial charge in [-0.3, -0.25) is 10.00 Å². The average Bonchev–Trinajstić information content (AvgIpc) is 2.94. The Labute approximate surface area is 158 Å². The van der Waals surface area contributed by atoms with Crippen LogP contribution in [0.1, 0.15) is 18.5 Å². The van der Waals surface area contributed by atoms with Crippen molar-refractivity contribution < 1.29 is 9.53 Å². The third kappa shape index (κ3) is 3.67. The van der Waals surface area contributed by atoms with Crippen molar-refractivity contribution in [3.63, 3.8) is 0 Å². The van der Waals surface area contributed by atoms with E-state index in [1.807, 2.05) is 61.9 Å². The third-order valence-corrected chi connectivity index (χ3v) is 5.93. The van der Waals surface area contributed by atoms with Crippen LogP contribution in [0.15, 0.2) is 24.3 Å². The van der Waals surface area contributed by atoms with Crippen molar-refractivity contribution in [1.82, 2.24) is 14.7 Å². The molecule has 1 aliphatic heterocycles. The topological polar surface area (TPSA) is 59.4 Å². The highest BCUT2D eigenvalue weighted by atomic mass is 32.2. The number of hydrogen-bond acceptors (Lipinski definition) is 4. The van der Waals surface area contributed by atoms with Crippen LogP contribution in [0.2, 0.25) is 0 Å². The normalized spacial score (nSPS) is 14.9. The van der Waals surface area contributed by atoms with Gasteiger partial charge in [0.25, 0.3) is 0 Å². The number of urea groups is 1. The lowest BCUT2D eigenvalue weighted by Crippen LogP contribution is -2.42. The zero-order valence-corrected chi connectivity index (χ0v) is 16.6. The molecule has 6 nitrogen and oxygen atoms in total. The first kappa shape index (κ1) is 18.6. The molecule has 140 valence electrons. The Hall–Kier alpha value is -2.15. The number of benzene rings is 1. The van der Waals surface area contributed by atoms with Crippen LogP contribution < -0.4 is 10.1 Å². The number of anilines is 1. The highest BCUT2D eigenvalue weighted by Gasteiger charge is 2.25. The van der Waals surface area contributed by atoms with Gasteiger partial charge in [-0.05, 0) is 37.3 Å². The van der Waals surface area contributed by atoms with Gasteiger partial charge in [-0.2, -0.15) is 16.9 Å². The summed E-state index contributed by atoms with van der Waals surface area (Å²) < 4.78 is 7.23. The van der Waals surface area contributed by atoms with Crippen molar-refractivity contribution in [3.05, 3.63) is 30.0 Å². The van der Waals surface area contributed by atoms with Gasteiger partial charge < -0.3 is 9.64 Å². The number of ether oxygens (including phenoxy) is 1. The lowest BCUT2D eigenvalue weighted by Gasteiger charge is -2.31. The number of aryl methyl sites for hydroxylation is 2. The van der Waals surface area contributed by atoms with E-state index in [1.165, 1.54) is 0 Å². The van der Waals surface area contributed by atoms with Crippen molar-refractivity contribution in [2.24, 2.45) is 7.05 Å². The average molecular weight is 375 g/mol. The molecule has 26 heavy (non-hydrogen) atoms. The van der Waals surface area contributed by atoms with E-state index in [4.69, 9.17) is 4.74 Å². The van der Waals surface area contributed by atoms with Gasteiger partial charge in [0.2, 0.25) is 0 Å². The highest BCUT2D eigenvalue weighted by Crippen LogP contribution is 2.37. The van der Waals surface area contributed by atoms with E-state index in [2.05, 4.69) is 10.4 Å². The molecular formula is C19H26N4O2S. The molecule has 1 N–H and O–H groups in total. The first-order valence-corrected chi connectivity index (χ1v) is 9.97. The van der Waals surface area contributed by atoms with Gasteiger partial charge in [0.15, 0.2) is 0 Å². The number of carbonyl (C=O) groups is 1. The second-order valence-corrected chi connectivity index (χ2v) is 7.74. The van der Waals surface area contributed by atoms with Gasteiger partial charge in [0.1, 0.15) is 11.6 Å². The van der Waals surface area contributed by atoms with Crippen molar-refractivity contribution in [3.8, 4) is 16.9 Å². The molecule has 2 amide bonds. The molecular weight excluding hydrogens is 348 g/mol. The molecule has 7 heteroatoms. The minimum absolute atomic E-state index is 0.0963. The summed E-state index contributed by atoms with van der Waals surface area (Å²) in [6, 6.07) is 7.99. The van der Waals surface area contributed by atoms with Crippen LogP contribution >= 0.6 is 11.8 Å². The van der Waals surface area contributed by atoms with E-state index in [1.54, 1.807) is 11.8 Å². The number of nitrogens with zero attached hydrogens (tertiary/aromatic N) is 3. The lowest BCUT2D eigenvalue weighted by atomic mass is 10.0. The summed E-state index contributed by atoms with van der Waals surface area (Å²) >= 11 is 1.95. The maximum Gasteiger partial charge on any atom is 0.323 e. The molecule has 0 radical (unpaired) electrons. The van der Waals surface area contributed by atoms with Crippen LogP contribution in [0.3, 0.4) is 0 Å². The van der Waals surface area contributed by atoms with E-state index in [9.17, 15) is 4.79 Å². The number of thioether (sulfide) groups is 1. The third-order valence-electron chi connectivity index (χ3n) is 4.88. The number of hydrogen-bond donors (Lipinski definition) is 1. The number of carbonyl (C=O) groups excluding carboxylic acids is 1. The monoisotopic (exact) mass is 374 g/mol. The maximum absolute atomic E-state index is 12.8. The van der Waals surface area contributed by atoms with E-state index in [0.29, 0.717) is 11.9 Å². The largest absolute Gasteiger partial charge is 0.496 e. The Bertz CT molecular complexity index is 784. The molecule has 0 aliphatic carbocycles. The van der Waals surface area contributed by atoms with Gasteiger partial charge in [0, 0.05) is 25.7 Å². The molecule has 0 bridgehead atoms. The molecule has 3 rings (SSSR count). The number of nitrogens with one attached hydrogen (secondary N) is 1. The molecule has 2 heterocycles. The molecule has 0 saturated carbocycles. The molecule has 1 fully saturated rings. The summed E-state index contributed by atoms with van der Waals surface area (Å²) in [6.07, 6.45) is 2.08. The molecule has 0 spiro atoms. The fourth-order valence-corrected chi connectivity index (χ4v) is 4.48. The Morgan fingerprint density at radius 2 is 2.04 bits per heavy atom. The summed E-state index contributed by atoms with van der Waals surface area (Å²) in [5, 5.41) is 7.58. The van der Waals surface area contributed by atoms with E-state index in [-0.39, 0.29) is 6.03 Å². The fourth-order valence-electron chi connectivity index (χ4n) is 3.40. The van der Waals surface area contributed by atoms with Crippen LogP contribution in [-0.4, -0.2) is 52.4 Å². The van der Waals surface area contributed by atoms with Gasteiger partial charge >= 0.3 is 6.03 Å². The molecule has 1 aromatic heterocycles. The SMILES string of the molecule is COc1ccccc1-c1c(C)nn(C)c1NC(=O)N(C)C1CCSCC1. The van der Waals surface area contributed by atoms with Crippen LogP contribution in [0.5, 0.6) is 5.75 Å². The molecule has 1 aliphatic rings. The number of aromatic nitrogens is 2. The fraction of sp³-hybridized carbons (Fsp3) is 0.474. The number of para-hydroxylation sites is 1. The number of methoxy groups -OCH3 is 1. The van der Waals surface area contributed by atoms with Gasteiger partial charge in [0.05, 0.1) is 18.4 Å². The molecule has 0 atom stereocenters. The van der Waals surface area contributed by atoms with Crippen molar-refractivity contribution in [1.29, 1.82) is 0 Å². The van der Waals surface area contributed by atoms with Gasteiger partial charge in [-0.15, -0.1) is 0 Å². The lowest BCUT2D eigenvalue weighted by molar-refractivity contribution is 0.200. The van der Waals surface area contributed by atoms with E-state index in [0.717, 1.165) is 46.9 Å². The van der Waals surface area contributed by atoms with E-state index < -0.39 is 0 Å². The minimum Gasteiger partial charge on any atom is -0.496 e. The Morgan fingerprint density at radius 1 is 1.35 bits per heavy atom. The molecule has 1 saturated heterocycles. The zero-order valence-electron chi connectivity index (χ0n) is 15.8. The van der Waals surface area contributed by atoms with Crippen LogP contribution in [-0.2, 0) is 7.05 Å². The van der Waals surface area contributed by atoms with E-state index >= 15 is 0 Å². The first-order chi connectivity index (χ1) is 12.5. The number of rotatable bonds is 4. The van der Waals surface area contributed by atoms with Crippen LogP contribution in [0.25, 0.3) is 11.1 Å². The van der Waals surface area contributed by atoms with Gasteiger partial charge in [-0.1, -0.05) is 18.2 Å². The summed E-state index contributed by atoms with van der Waals surface area (Å²) in [5.41, 5.74) is 2.67. The van der Waals surface area contributed by atoms with Gasteiger partial charge in [-0.25, -0.2) is 4.79 Å². The highest BCUT2D eigenvalue weighted by molar-refractivity contribution is 7.99. The molecule has 1 aromatic carbocycles. The van der Waals surface area contributed by atoms with Crippen molar-refractivity contribution in [2.45, 2.75) is 25.8 Å². The summed E-state index contributed by atoms with van der Waals surface area (Å²) in [5.74, 6) is 3.67. The van der Waals surface area contributed by atoms with Crippen molar-refractivity contribution in [2.75, 3.05) is 31.0 Å². The Kier molecular flexibility index (Phi) is 5.76. The van der Waals surface area contributed by atoms with Crippen LogP contribution in [0.4, 0.5) is 10.6 Å².